The first-order chi connectivity index (χ1) is 6.02. The first-order valence-electron chi connectivity index (χ1n) is 4.24. The van der Waals surface area contributed by atoms with Gasteiger partial charge >= 0.3 is 0 Å². The van der Waals surface area contributed by atoms with Crippen LogP contribution in [0.5, 0.6) is 0 Å². The summed E-state index contributed by atoms with van der Waals surface area (Å²) in [6, 6.07) is -0.260. The van der Waals surface area contributed by atoms with Crippen LogP contribution in [0.2, 0.25) is 0 Å². The molecule has 0 amide bonds. The van der Waals surface area contributed by atoms with Gasteiger partial charge in [0, 0.05) is 6.42 Å². The van der Waals surface area contributed by atoms with E-state index in [-0.39, 0.29) is 17.6 Å². The Bertz CT molecular complexity index is 236. The molecule has 3 nitrogen and oxygen atoms in total. The molecular weight excluding hydrogens is 185 g/mol. The van der Waals surface area contributed by atoms with Crippen LogP contribution >= 0.6 is 9.39 Å². The Morgan fingerprint density at radius 2 is 2.08 bits per heavy atom. The molecule has 0 aromatic carbocycles. The summed E-state index contributed by atoms with van der Waals surface area (Å²) < 4.78 is 0. The fourth-order valence-corrected chi connectivity index (χ4v) is 0.944. The normalized spacial score (nSPS) is 14.0. The van der Waals surface area contributed by atoms with Gasteiger partial charge in [0.1, 0.15) is 0 Å². The second-order valence-electron chi connectivity index (χ2n) is 2.89. The quantitative estimate of drug-likeness (QED) is 0.538. The van der Waals surface area contributed by atoms with E-state index in [0.29, 0.717) is 12.0 Å². The summed E-state index contributed by atoms with van der Waals surface area (Å²) in [5.74, 6) is -0.0568. The molecule has 13 heavy (non-hydrogen) atoms. The van der Waals surface area contributed by atoms with Crippen LogP contribution in [0, 0.1) is 0 Å². The van der Waals surface area contributed by atoms with Crippen molar-refractivity contribution in [2.75, 3.05) is 0 Å². The third-order valence-electron chi connectivity index (χ3n) is 1.80. The number of allylic oxidation sites excluding steroid dienone is 1. The number of hydrogen-bond donors (Lipinski definition) is 1. The predicted molar refractivity (Wildman–Crippen MR) is 56.4 cm³/mol. The number of Topliss-reactive ketones (excluding diaryl/α,β-unsaturated/α-hetero) is 1. The zero-order chi connectivity index (χ0) is 10.4. The highest BCUT2D eigenvalue weighted by Crippen LogP contribution is 2.00. The Balaban J connectivity index is 4.38. The van der Waals surface area contributed by atoms with Gasteiger partial charge in [-0.2, -0.15) is 0 Å². The molecule has 0 aliphatic carbocycles. The lowest BCUT2D eigenvalue weighted by molar-refractivity contribution is -0.117. The Morgan fingerprint density at radius 3 is 2.46 bits per heavy atom. The van der Waals surface area contributed by atoms with E-state index in [4.69, 9.17) is 0 Å². The monoisotopic (exact) mass is 201 g/mol. The molecular formula is C9H16NO2P. The average Bonchev–Trinajstić information content (AvgIpc) is 2.14. The fraction of sp³-hybridized carbons (Fsp3) is 0.556. The molecule has 0 aromatic rings. The molecule has 0 fully saturated rings. The Hall–Kier alpha value is -0.530. The van der Waals surface area contributed by atoms with Crippen molar-refractivity contribution in [1.82, 2.24) is 5.09 Å². The maximum atomic E-state index is 11.3. The Labute approximate surface area is 81.2 Å². The lowest BCUT2D eigenvalue weighted by Gasteiger charge is -2.05. The van der Waals surface area contributed by atoms with Crippen molar-refractivity contribution in [1.29, 1.82) is 0 Å². The molecule has 1 unspecified atom stereocenters. The second kappa shape index (κ2) is 6.01. The van der Waals surface area contributed by atoms with Crippen LogP contribution in [-0.4, -0.2) is 17.6 Å². The van der Waals surface area contributed by atoms with Gasteiger partial charge in [-0.1, -0.05) is 16.3 Å². The average molecular weight is 201 g/mol. The maximum Gasteiger partial charge on any atom is 0.172 e. The van der Waals surface area contributed by atoms with E-state index in [0.717, 1.165) is 0 Å². The predicted octanol–water partition coefficient (Wildman–Crippen LogP) is 1.25. The molecule has 0 rings (SSSR count). The first-order valence-corrected chi connectivity index (χ1v) is 4.82. The SMILES string of the molecule is CCC(=O)/C(C)=C\C(=O)[C@H](C)NP. The van der Waals surface area contributed by atoms with Crippen LogP contribution < -0.4 is 5.09 Å². The van der Waals surface area contributed by atoms with Crippen molar-refractivity contribution in [3.05, 3.63) is 11.6 Å². The van der Waals surface area contributed by atoms with Crippen LogP contribution in [0.1, 0.15) is 27.2 Å². The highest BCUT2D eigenvalue weighted by Gasteiger charge is 2.09. The molecule has 0 aromatic heterocycles. The molecule has 1 N–H and O–H groups in total. The van der Waals surface area contributed by atoms with Gasteiger partial charge in [0.05, 0.1) is 6.04 Å². The van der Waals surface area contributed by atoms with Crippen molar-refractivity contribution < 1.29 is 9.59 Å². The summed E-state index contributed by atoms with van der Waals surface area (Å²) in [6.45, 7) is 5.19. The molecule has 0 aliphatic rings. The van der Waals surface area contributed by atoms with Gasteiger partial charge in [-0.3, -0.25) is 14.7 Å². The number of rotatable bonds is 5. The molecule has 4 heteroatoms. The van der Waals surface area contributed by atoms with Crippen LogP contribution in [0.25, 0.3) is 0 Å². The molecule has 0 radical (unpaired) electrons. The Kier molecular flexibility index (Phi) is 5.76. The molecule has 74 valence electrons. The Morgan fingerprint density at radius 1 is 1.54 bits per heavy atom. The standard InChI is InChI=1S/C9H16NO2P/c1-4-8(11)6(2)5-9(12)7(3)10-13/h5,7,10H,4,13H2,1-3H3/b6-5-/t7-/m0/s1. The summed E-state index contributed by atoms with van der Waals surface area (Å²) in [7, 11) is 2.28. The first kappa shape index (κ1) is 12.5. The molecule has 0 saturated carbocycles. The minimum absolute atomic E-state index is 0.0179. The molecule has 0 saturated heterocycles. The third kappa shape index (κ3) is 4.30. The largest absolute Gasteiger partial charge is 0.295 e. The molecule has 2 atom stereocenters. The van der Waals surface area contributed by atoms with Gasteiger partial charge in [-0.25, -0.2) is 0 Å². The zero-order valence-corrected chi connectivity index (χ0v) is 9.41. The van der Waals surface area contributed by atoms with E-state index in [9.17, 15) is 9.59 Å². The van der Waals surface area contributed by atoms with E-state index in [1.54, 1.807) is 20.8 Å². The van der Waals surface area contributed by atoms with Gasteiger partial charge in [-0.15, -0.1) is 0 Å². The lowest BCUT2D eigenvalue weighted by atomic mass is 10.1. The van der Waals surface area contributed by atoms with Crippen LogP contribution in [0.4, 0.5) is 0 Å². The number of nitrogens with one attached hydrogen (secondary N) is 1. The van der Waals surface area contributed by atoms with Gasteiger partial charge in [0.25, 0.3) is 0 Å². The summed E-state index contributed by atoms with van der Waals surface area (Å²) in [5.41, 5.74) is 0.527. The second-order valence-corrected chi connectivity index (χ2v) is 3.23. The van der Waals surface area contributed by atoms with Gasteiger partial charge in [0.2, 0.25) is 0 Å². The lowest BCUT2D eigenvalue weighted by Crippen LogP contribution is -2.25. The van der Waals surface area contributed by atoms with E-state index in [2.05, 4.69) is 14.5 Å². The minimum atomic E-state index is -0.260. The molecule has 0 heterocycles. The van der Waals surface area contributed by atoms with E-state index in [1.165, 1.54) is 6.08 Å². The van der Waals surface area contributed by atoms with E-state index < -0.39 is 0 Å². The van der Waals surface area contributed by atoms with E-state index in [1.807, 2.05) is 0 Å². The third-order valence-corrected chi connectivity index (χ3v) is 2.30. The summed E-state index contributed by atoms with van der Waals surface area (Å²) in [6.07, 6.45) is 1.84. The topological polar surface area (TPSA) is 46.2 Å². The summed E-state index contributed by atoms with van der Waals surface area (Å²) >= 11 is 0. The number of hydrogen-bond acceptors (Lipinski definition) is 3. The molecule has 0 spiro atoms. The van der Waals surface area contributed by atoms with Crippen molar-refractivity contribution in [2.45, 2.75) is 33.2 Å². The summed E-state index contributed by atoms with van der Waals surface area (Å²) in [5, 5.41) is 2.74. The molecule has 0 bridgehead atoms. The highest BCUT2D eigenvalue weighted by atomic mass is 31.0. The van der Waals surface area contributed by atoms with Crippen molar-refractivity contribution in [3.63, 3.8) is 0 Å². The summed E-state index contributed by atoms with van der Waals surface area (Å²) in [4.78, 5) is 22.4. The van der Waals surface area contributed by atoms with Gasteiger partial charge in [-0.05, 0) is 25.5 Å². The number of ketones is 2. The van der Waals surface area contributed by atoms with Crippen molar-refractivity contribution in [3.8, 4) is 0 Å². The fourth-order valence-electron chi connectivity index (χ4n) is 0.780. The highest BCUT2D eigenvalue weighted by molar-refractivity contribution is 7.13. The zero-order valence-electron chi connectivity index (χ0n) is 8.26. The van der Waals surface area contributed by atoms with Gasteiger partial charge in [0.15, 0.2) is 11.6 Å². The van der Waals surface area contributed by atoms with Crippen molar-refractivity contribution in [2.24, 2.45) is 0 Å². The van der Waals surface area contributed by atoms with E-state index >= 15 is 0 Å². The smallest absolute Gasteiger partial charge is 0.172 e. The van der Waals surface area contributed by atoms with Gasteiger partial charge < -0.3 is 0 Å². The molecule has 0 aliphatic heterocycles. The minimum Gasteiger partial charge on any atom is -0.295 e. The number of carbonyl (C=O) groups excluding carboxylic acids is 2. The van der Waals surface area contributed by atoms with Crippen molar-refractivity contribution >= 4 is 21.0 Å². The van der Waals surface area contributed by atoms with Crippen LogP contribution in [-0.2, 0) is 9.59 Å². The van der Waals surface area contributed by atoms with Crippen LogP contribution in [0.15, 0.2) is 11.6 Å². The maximum absolute atomic E-state index is 11.3. The number of carbonyl (C=O) groups is 2. The van der Waals surface area contributed by atoms with Crippen LogP contribution in [0.3, 0.4) is 0 Å².